The molecule has 4 rings (SSSR count). The number of thiazole rings is 1. The van der Waals surface area contributed by atoms with E-state index in [4.69, 9.17) is 14.2 Å². The van der Waals surface area contributed by atoms with E-state index in [0.717, 1.165) is 16.1 Å². The van der Waals surface area contributed by atoms with Gasteiger partial charge in [0, 0.05) is 25.1 Å². The van der Waals surface area contributed by atoms with Gasteiger partial charge in [-0.15, -0.1) is 11.3 Å². The average molecular weight is 691 g/mol. The Balaban J connectivity index is 1.44. The van der Waals surface area contributed by atoms with Crippen LogP contribution in [0.3, 0.4) is 0 Å². The molecule has 2 heterocycles. The van der Waals surface area contributed by atoms with E-state index in [0.29, 0.717) is 11.3 Å². The molecule has 2 fully saturated rings. The molecule has 0 radical (unpaired) electrons. The van der Waals surface area contributed by atoms with Gasteiger partial charge in [0.25, 0.3) is 5.91 Å². The Morgan fingerprint density at radius 1 is 1.15 bits per heavy atom. The van der Waals surface area contributed by atoms with Crippen molar-refractivity contribution in [2.45, 2.75) is 104 Å². The standard InChI is InChI=1S/C34H47FN4O8S/c1-20-27(48-19-37-20)21-8-9-22(25(14-21)46-13-12-45-18-26(41)47-33(5,6)7)16-36-29(42)24-15-23(40)17-39(24)30(43)28(32(2,3)4)38-31(44)34(35)10-11-34/h8-9,14,19,23-24,28,40H,10-13,15-18H2,1-7H3,(H,36,42)(H,38,44)/t23-,24+,28-/m1/s1. The van der Waals surface area contributed by atoms with Crippen LogP contribution in [0.2, 0.25) is 0 Å². The highest BCUT2D eigenvalue weighted by Gasteiger charge is 2.53. The first-order valence-electron chi connectivity index (χ1n) is 16.1. The summed E-state index contributed by atoms with van der Waals surface area (Å²) in [6.45, 7) is 12.4. The van der Waals surface area contributed by atoms with Crippen molar-refractivity contribution in [2.75, 3.05) is 26.4 Å². The van der Waals surface area contributed by atoms with Gasteiger partial charge < -0.3 is 34.9 Å². The van der Waals surface area contributed by atoms with E-state index in [1.54, 1.807) is 47.1 Å². The summed E-state index contributed by atoms with van der Waals surface area (Å²) in [5.74, 6) is -1.88. The molecule has 1 aromatic heterocycles. The first kappa shape index (κ1) is 37.2. The Labute approximate surface area is 284 Å². The Morgan fingerprint density at radius 3 is 2.46 bits per heavy atom. The van der Waals surface area contributed by atoms with E-state index in [2.05, 4.69) is 15.6 Å². The van der Waals surface area contributed by atoms with Crippen LogP contribution in [0.5, 0.6) is 5.75 Å². The Kier molecular flexibility index (Phi) is 11.5. The van der Waals surface area contributed by atoms with Gasteiger partial charge in [0.15, 0.2) is 5.67 Å². The number of aliphatic hydroxyl groups excluding tert-OH is 1. The molecule has 0 unspecified atom stereocenters. The number of benzene rings is 1. The number of carbonyl (C=O) groups is 4. The summed E-state index contributed by atoms with van der Waals surface area (Å²) in [5, 5.41) is 15.9. The minimum atomic E-state index is -1.97. The van der Waals surface area contributed by atoms with Crippen LogP contribution < -0.4 is 15.4 Å². The van der Waals surface area contributed by atoms with Crippen LogP contribution in [0.1, 0.15) is 72.1 Å². The molecule has 0 spiro atoms. The second kappa shape index (κ2) is 14.9. The third-order valence-corrected chi connectivity index (χ3v) is 8.98. The van der Waals surface area contributed by atoms with Gasteiger partial charge in [-0.25, -0.2) is 14.2 Å². The molecule has 2 aliphatic rings. The van der Waals surface area contributed by atoms with Crippen molar-refractivity contribution in [2.24, 2.45) is 5.41 Å². The minimum absolute atomic E-state index is 0.0113. The van der Waals surface area contributed by atoms with Crippen molar-refractivity contribution in [3.05, 3.63) is 35.0 Å². The molecule has 264 valence electrons. The predicted octanol–water partition coefficient (Wildman–Crippen LogP) is 3.47. The fourth-order valence-corrected chi connectivity index (χ4v) is 6.11. The summed E-state index contributed by atoms with van der Waals surface area (Å²) in [6.07, 6.45) is -0.726. The zero-order valence-electron chi connectivity index (χ0n) is 28.7. The smallest absolute Gasteiger partial charge is 0.332 e. The topological polar surface area (TPSA) is 156 Å². The van der Waals surface area contributed by atoms with E-state index < -0.39 is 58.6 Å². The van der Waals surface area contributed by atoms with E-state index in [-0.39, 0.29) is 52.2 Å². The van der Waals surface area contributed by atoms with Crippen molar-refractivity contribution in [1.82, 2.24) is 20.5 Å². The highest BCUT2D eigenvalue weighted by molar-refractivity contribution is 7.13. The van der Waals surface area contributed by atoms with Gasteiger partial charge in [0.2, 0.25) is 11.8 Å². The van der Waals surface area contributed by atoms with Gasteiger partial charge in [-0.2, -0.15) is 0 Å². The van der Waals surface area contributed by atoms with Gasteiger partial charge >= 0.3 is 5.97 Å². The predicted molar refractivity (Wildman–Crippen MR) is 177 cm³/mol. The van der Waals surface area contributed by atoms with Gasteiger partial charge in [0.05, 0.1) is 28.8 Å². The summed E-state index contributed by atoms with van der Waals surface area (Å²) >= 11 is 1.49. The molecule has 1 aliphatic carbocycles. The zero-order valence-corrected chi connectivity index (χ0v) is 29.5. The number of hydrogen-bond acceptors (Lipinski definition) is 10. The lowest BCUT2D eigenvalue weighted by atomic mass is 9.85. The van der Waals surface area contributed by atoms with Crippen LogP contribution >= 0.6 is 11.3 Å². The van der Waals surface area contributed by atoms with E-state index >= 15 is 0 Å². The van der Waals surface area contributed by atoms with Gasteiger partial charge in [0.1, 0.15) is 36.6 Å². The molecule has 14 heteroatoms. The summed E-state index contributed by atoms with van der Waals surface area (Å²) < 4.78 is 31.2. The Bertz CT molecular complexity index is 1500. The van der Waals surface area contributed by atoms with Gasteiger partial charge in [-0.1, -0.05) is 32.9 Å². The normalized spacial score (nSPS) is 19.4. The first-order valence-corrected chi connectivity index (χ1v) is 17.0. The molecule has 48 heavy (non-hydrogen) atoms. The number of amides is 3. The highest BCUT2D eigenvalue weighted by Crippen LogP contribution is 2.40. The molecular weight excluding hydrogens is 643 g/mol. The van der Waals surface area contributed by atoms with E-state index in [1.807, 2.05) is 25.1 Å². The van der Waals surface area contributed by atoms with Crippen LogP contribution in [0.4, 0.5) is 4.39 Å². The number of aryl methyl sites for hydroxylation is 1. The van der Waals surface area contributed by atoms with Crippen molar-refractivity contribution in [3.8, 4) is 16.2 Å². The van der Waals surface area contributed by atoms with Crippen molar-refractivity contribution >= 4 is 35.0 Å². The maximum absolute atomic E-state index is 14.5. The lowest BCUT2D eigenvalue weighted by molar-refractivity contribution is -0.160. The summed E-state index contributed by atoms with van der Waals surface area (Å²) in [5.41, 5.74) is 0.769. The maximum Gasteiger partial charge on any atom is 0.332 e. The monoisotopic (exact) mass is 690 g/mol. The molecule has 3 N–H and O–H groups in total. The number of hydrogen-bond donors (Lipinski definition) is 3. The van der Waals surface area contributed by atoms with Gasteiger partial charge in [-0.05, 0) is 57.6 Å². The lowest BCUT2D eigenvalue weighted by Gasteiger charge is -2.35. The largest absolute Gasteiger partial charge is 0.491 e. The molecular formula is C34H47FN4O8S. The fraction of sp³-hybridized carbons (Fsp3) is 0.618. The minimum Gasteiger partial charge on any atom is -0.491 e. The van der Waals surface area contributed by atoms with Gasteiger partial charge in [-0.3, -0.25) is 14.4 Å². The van der Waals surface area contributed by atoms with Crippen LogP contribution in [0.15, 0.2) is 23.7 Å². The number of halogens is 1. The maximum atomic E-state index is 14.5. The molecule has 1 aliphatic heterocycles. The number of likely N-dealkylation sites (tertiary alicyclic amines) is 1. The third kappa shape index (κ3) is 9.73. The third-order valence-electron chi connectivity index (χ3n) is 8.00. The second-order valence-electron chi connectivity index (χ2n) is 14.4. The summed E-state index contributed by atoms with van der Waals surface area (Å²) in [7, 11) is 0. The number of rotatable bonds is 13. The van der Waals surface area contributed by atoms with Crippen molar-refractivity contribution in [1.29, 1.82) is 0 Å². The summed E-state index contributed by atoms with van der Waals surface area (Å²) in [6, 6.07) is 3.47. The van der Waals surface area contributed by atoms with Crippen molar-refractivity contribution in [3.63, 3.8) is 0 Å². The van der Waals surface area contributed by atoms with Crippen LogP contribution in [0.25, 0.3) is 10.4 Å². The SMILES string of the molecule is Cc1ncsc1-c1ccc(CNC(=O)[C@@H]2C[C@@H](O)CN2C(=O)[C@@H](NC(=O)C2(F)CC2)C(C)(C)C)c(OCCOCC(=O)OC(C)(C)C)c1. The number of esters is 1. The second-order valence-corrected chi connectivity index (χ2v) is 15.3. The Morgan fingerprint density at radius 2 is 1.85 bits per heavy atom. The number of ether oxygens (including phenoxy) is 3. The number of alkyl halides is 1. The van der Waals surface area contributed by atoms with E-state index in [9.17, 15) is 28.7 Å². The lowest BCUT2D eigenvalue weighted by Crippen LogP contribution is -2.59. The van der Waals surface area contributed by atoms with E-state index in [1.165, 1.54) is 16.2 Å². The number of carbonyl (C=O) groups excluding carboxylic acids is 4. The molecule has 3 amide bonds. The molecule has 1 saturated heterocycles. The number of nitrogens with one attached hydrogen (secondary N) is 2. The fourth-order valence-electron chi connectivity index (χ4n) is 5.31. The summed E-state index contributed by atoms with van der Waals surface area (Å²) in [4.78, 5) is 58.4. The first-order chi connectivity index (χ1) is 22.4. The van der Waals surface area contributed by atoms with Crippen molar-refractivity contribution < 1.29 is 42.9 Å². The molecule has 3 atom stereocenters. The quantitative estimate of drug-likeness (QED) is 0.212. The Hall–Kier alpha value is -3.62. The number of nitrogens with zero attached hydrogens (tertiary/aromatic N) is 2. The molecule has 2 aromatic rings. The van der Waals surface area contributed by atoms with Crippen LogP contribution in [0, 0.1) is 12.3 Å². The highest BCUT2D eigenvalue weighted by atomic mass is 32.1. The molecule has 12 nitrogen and oxygen atoms in total. The zero-order chi connectivity index (χ0) is 35.4. The average Bonchev–Trinajstić information content (AvgIpc) is 3.40. The molecule has 1 saturated carbocycles. The molecule has 0 bridgehead atoms. The number of β-amino-alcohol motifs (C(OH)–C–C–N with tert-alkyl or cyclic N) is 1. The van der Waals surface area contributed by atoms with Crippen LogP contribution in [-0.4, -0.2) is 94.5 Å². The van der Waals surface area contributed by atoms with Crippen LogP contribution in [-0.2, 0) is 35.2 Å². The number of aliphatic hydroxyl groups is 1. The molecule has 1 aromatic carbocycles. The number of aromatic nitrogens is 1.